The van der Waals surface area contributed by atoms with Crippen LogP contribution in [0.15, 0.2) is 24.3 Å². The number of benzene rings is 1. The minimum absolute atomic E-state index is 0.224. The Balaban J connectivity index is 2.00. The Labute approximate surface area is 115 Å². The van der Waals surface area contributed by atoms with Gasteiger partial charge >= 0.3 is 0 Å². The summed E-state index contributed by atoms with van der Waals surface area (Å²) in [4.78, 5) is 7.47. The van der Waals surface area contributed by atoms with Gasteiger partial charge in [0.1, 0.15) is 11.6 Å². The van der Waals surface area contributed by atoms with Crippen LogP contribution >= 0.6 is 12.2 Å². The van der Waals surface area contributed by atoms with Crippen molar-refractivity contribution < 1.29 is 5.11 Å². The van der Waals surface area contributed by atoms with E-state index in [2.05, 4.69) is 20.6 Å². The van der Waals surface area contributed by atoms with E-state index in [1.165, 1.54) is 0 Å². The van der Waals surface area contributed by atoms with Gasteiger partial charge in [-0.15, -0.1) is 0 Å². The first-order valence-electron chi connectivity index (χ1n) is 6.11. The molecule has 2 aromatic rings. The number of nitrogens with one attached hydrogen (secondary N) is 3. The van der Waals surface area contributed by atoms with E-state index < -0.39 is 0 Å². The number of hydrogen-bond acceptors (Lipinski definition) is 5. The first-order chi connectivity index (χ1) is 9.22. The SMILES string of the molecule is Oc1cccc(Nc2nc(=S)[nH]c3c2CCNC3)c1. The smallest absolute Gasteiger partial charge is 0.199 e. The Morgan fingerprint density at radius 1 is 1.37 bits per heavy atom. The molecule has 0 aliphatic carbocycles. The first-order valence-corrected chi connectivity index (χ1v) is 6.52. The summed E-state index contributed by atoms with van der Waals surface area (Å²) >= 11 is 5.14. The summed E-state index contributed by atoms with van der Waals surface area (Å²) in [5, 5.41) is 16.0. The molecule has 0 radical (unpaired) electrons. The molecule has 0 saturated carbocycles. The molecule has 0 unspecified atom stereocenters. The molecule has 1 aliphatic heterocycles. The van der Waals surface area contributed by atoms with Crippen LogP contribution in [0.5, 0.6) is 5.75 Å². The Hall–Kier alpha value is -1.92. The van der Waals surface area contributed by atoms with Crippen molar-refractivity contribution in [3.05, 3.63) is 40.3 Å². The lowest BCUT2D eigenvalue weighted by molar-refractivity contribution is 0.475. The van der Waals surface area contributed by atoms with Crippen LogP contribution in [0.3, 0.4) is 0 Å². The number of phenolic OH excluding ortho intramolecular Hbond substituents is 1. The highest BCUT2D eigenvalue weighted by Crippen LogP contribution is 2.24. The zero-order valence-electron chi connectivity index (χ0n) is 10.2. The molecule has 98 valence electrons. The number of H-pyrrole nitrogens is 1. The Morgan fingerprint density at radius 2 is 2.26 bits per heavy atom. The molecule has 0 saturated heterocycles. The van der Waals surface area contributed by atoms with Crippen LogP contribution in [-0.4, -0.2) is 21.6 Å². The first kappa shape index (κ1) is 12.1. The van der Waals surface area contributed by atoms with Gasteiger partial charge in [0.2, 0.25) is 0 Å². The van der Waals surface area contributed by atoms with Crippen LogP contribution in [0.2, 0.25) is 0 Å². The lowest BCUT2D eigenvalue weighted by atomic mass is 10.1. The van der Waals surface area contributed by atoms with Crippen molar-refractivity contribution in [3.8, 4) is 5.75 Å². The summed E-state index contributed by atoms with van der Waals surface area (Å²) in [5.41, 5.74) is 3.03. The largest absolute Gasteiger partial charge is 0.508 e. The molecule has 6 heteroatoms. The summed E-state index contributed by atoms with van der Waals surface area (Å²) in [6, 6.07) is 6.97. The van der Waals surface area contributed by atoms with Crippen LogP contribution in [-0.2, 0) is 13.0 Å². The standard InChI is InChI=1S/C13H14N4OS/c18-9-3-1-2-8(6-9)15-12-10-4-5-14-7-11(10)16-13(19)17-12/h1-3,6,14,18H,4-5,7H2,(H2,15,16,17,19). The lowest BCUT2D eigenvalue weighted by Crippen LogP contribution is -2.26. The average Bonchev–Trinajstić information content (AvgIpc) is 2.38. The number of nitrogens with zero attached hydrogens (tertiary/aromatic N) is 1. The monoisotopic (exact) mass is 274 g/mol. The maximum atomic E-state index is 9.49. The molecule has 5 nitrogen and oxygen atoms in total. The van der Waals surface area contributed by atoms with Crippen molar-refractivity contribution in [2.24, 2.45) is 0 Å². The Morgan fingerprint density at radius 3 is 3.11 bits per heavy atom. The number of aromatic amines is 1. The third-order valence-electron chi connectivity index (χ3n) is 3.08. The molecule has 0 bridgehead atoms. The number of aromatic nitrogens is 2. The van der Waals surface area contributed by atoms with Gasteiger partial charge in [0.15, 0.2) is 4.77 Å². The van der Waals surface area contributed by atoms with Crippen LogP contribution in [0.1, 0.15) is 11.3 Å². The van der Waals surface area contributed by atoms with Crippen molar-refractivity contribution in [3.63, 3.8) is 0 Å². The van der Waals surface area contributed by atoms with Gasteiger partial charge in [-0.25, -0.2) is 4.98 Å². The van der Waals surface area contributed by atoms with Crippen molar-refractivity contribution in [2.75, 3.05) is 11.9 Å². The molecule has 0 spiro atoms. The highest BCUT2D eigenvalue weighted by Gasteiger charge is 2.15. The van der Waals surface area contributed by atoms with E-state index >= 15 is 0 Å². The van der Waals surface area contributed by atoms with E-state index in [0.29, 0.717) is 4.77 Å². The predicted octanol–water partition coefficient (Wildman–Crippen LogP) is 2.23. The van der Waals surface area contributed by atoms with Gasteiger partial charge in [-0.2, -0.15) is 0 Å². The van der Waals surface area contributed by atoms with Crippen LogP contribution in [0, 0.1) is 4.77 Å². The zero-order valence-corrected chi connectivity index (χ0v) is 11.0. The van der Waals surface area contributed by atoms with Gasteiger partial charge in [0.25, 0.3) is 0 Å². The van der Waals surface area contributed by atoms with Gasteiger partial charge in [0.05, 0.1) is 0 Å². The molecule has 1 aromatic carbocycles. The van der Waals surface area contributed by atoms with E-state index in [1.807, 2.05) is 6.07 Å². The number of rotatable bonds is 2. The summed E-state index contributed by atoms with van der Waals surface area (Å²) < 4.78 is 0.463. The number of fused-ring (bicyclic) bond motifs is 1. The van der Waals surface area contributed by atoms with Gasteiger partial charge < -0.3 is 20.7 Å². The van der Waals surface area contributed by atoms with Crippen molar-refractivity contribution in [2.45, 2.75) is 13.0 Å². The van der Waals surface area contributed by atoms with Crippen LogP contribution < -0.4 is 10.6 Å². The number of anilines is 2. The molecular weight excluding hydrogens is 260 g/mol. The summed E-state index contributed by atoms with van der Waals surface area (Å²) in [6.45, 7) is 1.70. The van der Waals surface area contributed by atoms with Crippen molar-refractivity contribution >= 4 is 23.7 Å². The third kappa shape index (κ3) is 2.59. The molecule has 1 aromatic heterocycles. The highest BCUT2D eigenvalue weighted by atomic mass is 32.1. The van der Waals surface area contributed by atoms with Crippen LogP contribution in [0.4, 0.5) is 11.5 Å². The van der Waals surface area contributed by atoms with Crippen molar-refractivity contribution in [1.29, 1.82) is 0 Å². The quantitative estimate of drug-likeness (QED) is 0.632. The Bertz CT molecular complexity index is 668. The summed E-state index contributed by atoms with van der Waals surface area (Å²) in [6.07, 6.45) is 0.898. The van der Waals surface area contributed by atoms with Gasteiger partial charge in [-0.1, -0.05) is 6.07 Å². The molecule has 0 fully saturated rings. The topological polar surface area (TPSA) is 73.0 Å². The highest BCUT2D eigenvalue weighted by molar-refractivity contribution is 7.71. The minimum atomic E-state index is 0.224. The van der Waals surface area contributed by atoms with E-state index in [-0.39, 0.29) is 5.75 Å². The van der Waals surface area contributed by atoms with Gasteiger partial charge in [-0.3, -0.25) is 0 Å². The van der Waals surface area contributed by atoms with Gasteiger partial charge in [-0.05, 0) is 37.3 Å². The lowest BCUT2D eigenvalue weighted by Gasteiger charge is -2.20. The normalized spacial score (nSPS) is 13.9. The number of hydrogen-bond donors (Lipinski definition) is 4. The maximum Gasteiger partial charge on any atom is 0.199 e. The molecule has 2 heterocycles. The maximum absolute atomic E-state index is 9.49. The van der Waals surface area contributed by atoms with E-state index in [9.17, 15) is 5.11 Å². The second-order valence-corrected chi connectivity index (χ2v) is 4.84. The van der Waals surface area contributed by atoms with Gasteiger partial charge in [0, 0.05) is 29.6 Å². The number of phenols is 1. The number of aromatic hydroxyl groups is 1. The molecule has 1 aliphatic rings. The molecular formula is C13H14N4OS. The molecule has 0 amide bonds. The minimum Gasteiger partial charge on any atom is -0.508 e. The fourth-order valence-electron chi connectivity index (χ4n) is 2.22. The second-order valence-electron chi connectivity index (χ2n) is 4.45. The van der Waals surface area contributed by atoms with Crippen LogP contribution in [0.25, 0.3) is 0 Å². The van der Waals surface area contributed by atoms with E-state index in [0.717, 1.165) is 42.3 Å². The second kappa shape index (κ2) is 4.99. The third-order valence-corrected chi connectivity index (χ3v) is 3.28. The summed E-state index contributed by atoms with van der Waals surface area (Å²) in [5.74, 6) is 0.993. The molecule has 3 rings (SSSR count). The average molecular weight is 274 g/mol. The van der Waals surface area contributed by atoms with E-state index in [4.69, 9.17) is 12.2 Å². The predicted molar refractivity (Wildman–Crippen MR) is 76.2 cm³/mol. The van der Waals surface area contributed by atoms with Crippen molar-refractivity contribution in [1.82, 2.24) is 15.3 Å². The molecule has 4 N–H and O–H groups in total. The fraction of sp³-hybridized carbons (Fsp3) is 0.231. The molecule has 19 heavy (non-hydrogen) atoms. The Kier molecular flexibility index (Phi) is 3.18. The molecule has 0 atom stereocenters. The van der Waals surface area contributed by atoms with E-state index in [1.54, 1.807) is 18.2 Å². The fourth-order valence-corrected chi connectivity index (χ4v) is 2.43. The summed E-state index contributed by atoms with van der Waals surface area (Å²) in [7, 11) is 0. The zero-order chi connectivity index (χ0) is 13.2.